The molecule has 0 saturated heterocycles. The Morgan fingerprint density at radius 1 is 1.04 bits per heavy atom. The maximum absolute atomic E-state index is 12.8. The van der Waals surface area contributed by atoms with Crippen molar-refractivity contribution in [2.24, 2.45) is 0 Å². The molecule has 8 nitrogen and oxygen atoms in total. The fraction of sp³-hybridized carbons (Fsp3) is 0.263. The summed E-state index contributed by atoms with van der Waals surface area (Å²) in [5, 5.41) is 7.25. The van der Waals surface area contributed by atoms with E-state index in [0.29, 0.717) is 23.0 Å². The fourth-order valence-electron chi connectivity index (χ4n) is 2.66. The average Bonchev–Trinajstić information content (AvgIpc) is 3.04. The third kappa shape index (κ3) is 3.74. The Morgan fingerprint density at radius 2 is 1.74 bits per heavy atom. The Bertz CT molecular complexity index is 948. The summed E-state index contributed by atoms with van der Waals surface area (Å²) in [7, 11) is 7.48. The first-order chi connectivity index (χ1) is 12.9. The Morgan fingerprint density at radius 3 is 2.37 bits per heavy atom. The van der Waals surface area contributed by atoms with Crippen LogP contribution in [0.4, 0.5) is 17.5 Å². The Balaban J connectivity index is 1.89. The highest BCUT2D eigenvalue weighted by atomic mass is 16.1. The van der Waals surface area contributed by atoms with Crippen LogP contribution in [0, 0.1) is 6.92 Å². The largest absolute Gasteiger partial charge is 0.361 e. The van der Waals surface area contributed by atoms with Crippen LogP contribution in [0.2, 0.25) is 0 Å². The van der Waals surface area contributed by atoms with E-state index in [0.717, 1.165) is 11.4 Å². The second-order valence-corrected chi connectivity index (χ2v) is 6.54. The Hall–Kier alpha value is -3.42. The van der Waals surface area contributed by atoms with Gasteiger partial charge >= 0.3 is 0 Å². The summed E-state index contributed by atoms with van der Waals surface area (Å²) in [6, 6.07) is 9.70. The molecule has 0 fully saturated rings. The number of anilines is 3. The molecule has 27 heavy (non-hydrogen) atoms. The van der Waals surface area contributed by atoms with Gasteiger partial charge in [0, 0.05) is 28.2 Å². The van der Waals surface area contributed by atoms with E-state index in [9.17, 15) is 4.79 Å². The van der Waals surface area contributed by atoms with Crippen molar-refractivity contribution in [1.82, 2.24) is 19.7 Å². The number of nitrogens with one attached hydrogen (secondary N) is 1. The van der Waals surface area contributed by atoms with E-state index in [1.54, 1.807) is 17.1 Å². The average molecular weight is 365 g/mol. The summed E-state index contributed by atoms with van der Waals surface area (Å²) < 4.78 is 1.74. The van der Waals surface area contributed by atoms with Crippen molar-refractivity contribution in [2.75, 3.05) is 43.3 Å². The summed E-state index contributed by atoms with van der Waals surface area (Å²) in [6.07, 6.45) is 3.19. The highest BCUT2D eigenvalue weighted by molar-refractivity contribution is 6.06. The highest BCUT2D eigenvalue weighted by Gasteiger charge is 2.18. The predicted molar refractivity (Wildman–Crippen MR) is 107 cm³/mol. The monoisotopic (exact) mass is 365 g/mol. The van der Waals surface area contributed by atoms with E-state index in [-0.39, 0.29) is 5.91 Å². The number of hydrogen-bond acceptors (Lipinski definition) is 6. The van der Waals surface area contributed by atoms with Gasteiger partial charge in [-0.25, -0.2) is 9.67 Å². The van der Waals surface area contributed by atoms with Gasteiger partial charge in [-0.15, -0.1) is 0 Å². The van der Waals surface area contributed by atoms with Gasteiger partial charge in [-0.1, -0.05) is 18.2 Å². The number of carbonyl (C=O) groups is 1. The van der Waals surface area contributed by atoms with Gasteiger partial charge in [0.1, 0.15) is 5.69 Å². The van der Waals surface area contributed by atoms with Gasteiger partial charge in [0.25, 0.3) is 5.91 Å². The molecular weight excluding hydrogens is 342 g/mol. The number of benzene rings is 1. The zero-order valence-corrected chi connectivity index (χ0v) is 16.1. The van der Waals surface area contributed by atoms with Crippen LogP contribution < -0.4 is 15.1 Å². The van der Waals surface area contributed by atoms with Crippen LogP contribution in [0.25, 0.3) is 5.69 Å². The molecule has 1 amide bonds. The molecule has 2 heterocycles. The van der Waals surface area contributed by atoms with Crippen LogP contribution in [0.15, 0.2) is 42.7 Å². The van der Waals surface area contributed by atoms with Gasteiger partial charge in [0.05, 0.1) is 29.3 Å². The Kier molecular flexibility index (Phi) is 5.07. The number of aromatic nitrogens is 4. The van der Waals surface area contributed by atoms with Gasteiger partial charge < -0.3 is 15.1 Å². The van der Waals surface area contributed by atoms with Crippen molar-refractivity contribution >= 4 is 23.4 Å². The van der Waals surface area contributed by atoms with Crippen LogP contribution in [-0.2, 0) is 0 Å². The van der Waals surface area contributed by atoms with Crippen LogP contribution in [-0.4, -0.2) is 53.8 Å². The summed E-state index contributed by atoms with van der Waals surface area (Å²) in [5.74, 6) is 0.957. The molecule has 140 valence electrons. The minimum atomic E-state index is -0.251. The molecule has 0 aliphatic heterocycles. The number of para-hydroxylation sites is 1. The number of amides is 1. The number of rotatable bonds is 5. The normalized spacial score (nSPS) is 10.6. The first-order valence-electron chi connectivity index (χ1n) is 8.51. The standard InChI is InChI=1S/C19H23N7O/c1-13-15(11-21-26(13)14-9-7-6-8-10-14)18(27)22-16-12-20-19(25(4)5)23-17(16)24(2)3/h6-12H,1-5H3,(H,22,27). The van der Waals surface area contributed by atoms with Crippen LogP contribution in [0.1, 0.15) is 16.1 Å². The van der Waals surface area contributed by atoms with Crippen molar-refractivity contribution in [3.05, 3.63) is 54.0 Å². The smallest absolute Gasteiger partial charge is 0.259 e. The summed E-state index contributed by atoms with van der Waals surface area (Å²) >= 11 is 0. The highest BCUT2D eigenvalue weighted by Crippen LogP contribution is 2.24. The van der Waals surface area contributed by atoms with Crippen LogP contribution >= 0.6 is 0 Å². The molecule has 0 aliphatic rings. The maximum atomic E-state index is 12.8. The molecule has 1 N–H and O–H groups in total. The molecule has 3 aromatic rings. The summed E-state index contributed by atoms with van der Waals surface area (Å²) in [5.41, 5.74) is 2.71. The third-order valence-electron chi connectivity index (χ3n) is 4.08. The minimum Gasteiger partial charge on any atom is -0.361 e. The molecule has 2 aromatic heterocycles. The van der Waals surface area contributed by atoms with Gasteiger partial charge in [0.2, 0.25) is 5.95 Å². The van der Waals surface area contributed by atoms with Crippen LogP contribution in [0.3, 0.4) is 0 Å². The van der Waals surface area contributed by atoms with Crippen LogP contribution in [0.5, 0.6) is 0 Å². The molecule has 8 heteroatoms. The predicted octanol–water partition coefficient (Wildman–Crippen LogP) is 2.36. The molecule has 0 bridgehead atoms. The molecule has 0 atom stereocenters. The second-order valence-electron chi connectivity index (χ2n) is 6.54. The SMILES string of the molecule is Cc1c(C(=O)Nc2cnc(N(C)C)nc2N(C)C)cnn1-c1ccccc1. The van der Waals surface area contributed by atoms with E-state index >= 15 is 0 Å². The van der Waals surface area contributed by atoms with Gasteiger partial charge in [0.15, 0.2) is 5.82 Å². The number of carbonyl (C=O) groups excluding carboxylic acids is 1. The maximum Gasteiger partial charge on any atom is 0.259 e. The molecule has 3 rings (SSSR count). The third-order valence-corrected chi connectivity index (χ3v) is 4.08. The lowest BCUT2D eigenvalue weighted by molar-refractivity contribution is 0.102. The molecule has 0 aliphatic carbocycles. The quantitative estimate of drug-likeness (QED) is 0.748. The molecule has 1 aromatic carbocycles. The fourth-order valence-corrected chi connectivity index (χ4v) is 2.66. The van der Waals surface area contributed by atoms with E-state index in [4.69, 9.17) is 0 Å². The zero-order valence-electron chi connectivity index (χ0n) is 16.1. The van der Waals surface area contributed by atoms with Crippen molar-refractivity contribution in [3.8, 4) is 5.69 Å². The topological polar surface area (TPSA) is 79.2 Å². The number of nitrogens with zero attached hydrogens (tertiary/aromatic N) is 6. The van der Waals surface area contributed by atoms with Crippen molar-refractivity contribution < 1.29 is 4.79 Å². The molecule has 0 saturated carbocycles. The molecule has 0 unspecified atom stereocenters. The first kappa shape index (κ1) is 18.4. The number of hydrogen-bond donors (Lipinski definition) is 1. The van der Waals surface area contributed by atoms with E-state index in [2.05, 4.69) is 20.4 Å². The summed E-state index contributed by atoms with van der Waals surface area (Å²) in [4.78, 5) is 25.3. The van der Waals surface area contributed by atoms with Crippen molar-refractivity contribution in [2.45, 2.75) is 6.92 Å². The van der Waals surface area contributed by atoms with E-state index in [1.807, 2.05) is 75.2 Å². The molecule has 0 radical (unpaired) electrons. The van der Waals surface area contributed by atoms with Gasteiger partial charge in [-0.3, -0.25) is 4.79 Å². The molecule has 0 spiro atoms. The first-order valence-corrected chi connectivity index (χ1v) is 8.51. The Labute approximate surface area is 158 Å². The van der Waals surface area contributed by atoms with Crippen molar-refractivity contribution in [3.63, 3.8) is 0 Å². The molecular formula is C19H23N7O. The minimum absolute atomic E-state index is 0.251. The van der Waals surface area contributed by atoms with Gasteiger partial charge in [-0.2, -0.15) is 10.1 Å². The zero-order chi connectivity index (χ0) is 19.6. The van der Waals surface area contributed by atoms with E-state index in [1.165, 1.54) is 0 Å². The lowest BCUT2D eigenvalue weighted by atomic mass is 10.2. The second kappa shape index (κ2) is 7.45. The van der Waals surface area contributed by atoms with Gasteiger partial charge in [-0.05, 0) is 19.1 Å². The van der Waals surface area contributed by atoms with E-state index < -0.39 is 0 Å². The summed E-state index contributed by atoms with van der Waals surface area (Å²) in [6.45, 7) is 1.87. The lowest BCUT2D eigenvalue weighted by Crippen LogP contribution is -2.21. The lowest BCUT2D eigenvalue weighted by Gasteiger charge is -2.19. The van der Waals surface area contributed by atoms with Crippen molar-refractivity contribution in [1.29, 1.82) is 0 Å².